The second-order valence-electron chi connectivity index (χ2n) is 8.77. The SMILES string of the molecule is C#CCOc1ccc(/C=c2/sc3n(c2=O)C(c2cccc(OC)c2)C(C(=O)OCC)=C(c2ccccc2)N=3)cc1. The van der Waals surface area contributed by atoms with Crippen molar-refractivity contribution in [3.63, 3.8) is 0 Å². The predicted molar refractivity (Wildman–Crippen MR) is 155 cm³/mol. The van der Waals surface area contributed by atoms with Gasteiger partial charge in [-0.3, -0.25) is 9.36 Å². The lowest BCUT2D eigenvalue weighted by Crippen LogP contribution is -2.40. The summed E-state index contributed by atoms with van der Waals surface area (Å²) in [6.07, 6.45) is 7.07. The molecule has 1 atom stereocenters. The molecular formula is C32H26N2O5S. The molecule has 0 spiro atoms. The first-order chi connectivity index (χ1) is 19.5. The molecule has 7 nitrogen and oxygen atoms in total. The van der Waals surface area contributed by atoms with E-state index in [0.29, 0.717) is 32.1 Å². The second kappa shape index (κ2) is 11.9. The number of fused-ring (bicyclic) bond motifs is 1. The van der Waals surface area contributed by atoms with E-state index in [1.54, 1.807) is 36.8 Å². The first kappa shape index (κ1) is 26.7. The summed E-state index contributed by atoms with van der Waals surface area (Å²) in [6, 6.07) is 23.3. The van der Waals surface area contributed by atoms with Crippen LogP contribution in [0.1, 0.15) is 29.7 Å². The summed E-state index contributed by atoms with van der Waals surface area (Å²) in [7, 11) is 1.57. The van der Waals surface area contributed by atoms with Crippen LogP contribution in [0, 0.1) is 12.3 Å². The van der Waals surface area contributed by atoms with E-state index in [9.17, 15) is 9.59 Å². The fraction of sp³-hybridized carbons (Fsp3) is 0.156. The number of nitrogens with zero attached hydrogens (tertiary/aromatic N) is 2. The molecule has 2 heterocycles. The number of methoxy groups -OCH3 is 1. The van der Waals surface area contributed by atoms with Gasteiger partial charge in [0.2, 0.25) is 0 Å². The van der Waals surface area contributed by atoms with Crippen molar-refractivity contribution in [1.29, 1.82) is 0 Å². The molecule has 0 N–H and O–H groups in total. The Morgan fingerprint density at radius 2 is 1.85 bits per heavy atom. The van der Waals surface area contributed by atoms with Crippen LogP contribution in [0.2, 0.25) is 0 Å². The monoisotopic (exact) mass is 550 g/mol. The number of hydrogen-bond donors (Lipinski definition) is 0. The van der Waals surface area contributed by atoms with Crippen LogP contribution in [0.5, 0.6) is 11.5 Å². The number of ether oxygens (including phenoxy) is 3. The number of carbonyl (C=O) groups is 1. The van der Waals surface area contributed by atoms with E-state index in [1.807, 2.05) is 66.7 Å². The molecule has 1 aromatic heterocycles. The lowest BCUT2D eigenvalue weighted by atomic mass is 9.93. The molecular weight excluding hydrogens is 524 g/mol. The van der Waals surface area contributed by atoms with Crippen molar-refractivity contribution in [2.75, 3.05) is 20.3 Å². The Labute approximate surface area is 235 Å². The molecule has 0 radical (unpaired) electrons. The Kier molecular flexibility index (Phi) is 7.94. The Bertz CT molecular complexity index is 1790. The molecule has 0 saturated heterocycles. The van der Waals surface area contributed by atoms with Crippen LogP contribution in [-0.4, -0.2) is 30.9 Å². The molecule has 200 valence electrons. The summed E-state index contributed by atoms with van der Waals surface area (Å²) >= 11 is 1.26. The van der Waals surface area contributed by atoms with Gasteiger partial charge in [-0.1, -0.05) is 71.9 Å². The number of aromatic nitrogens is 1. The molecule has 40 heavy (non-hydrogen) atoms. The lowest BCUT2D eigenvalue weighted by Gasteiger charge is -2.26. The number of rotatable bonds is 8. The largest absolute Gasteiger partial charge is 0.497 e. The van der Waals surface area contributed by atoms with Crippen molar-refractivity contribution >= 4 is 29.1 Å². The van der Waals surface area contributed by atoms with Crippen LogP contribution in [0.15, 0.2) is 94.2 Å². The summed E-state index contributed by atoms with van der Waals surface area (Å²) in [5, 5.41) is 0. The van der Waals surface area contributed by atoms with E-state index in [-0.39, 0.29) is 24.3 Å². The summed E-state index contributed by atoms with van der Waals surface area (Å²) < 4.78 is 18.5. The van der Waals surface area contributed by atoms with Gasteiger partial charge in [0.1, 0.15) is 18.1 Å². The van der Waals surface area contributed by atoms with Gasteiger partial charge >= 0.3 is 5.97 Å². The summed E-state index contributed by atoms with van der Waals surface area (Å²) in [6.45, 7) is 2.11. The predicted octanol–water partition coefficient (Wildman–Crippen LogP) is 3.96. The van der Waals surface area contributed by atoms with E-state index >= 15 is 0 Å². The highest BCUT2D eigenvalue weighted by atomic mass is 32.1. The molecule has 0 bridgehead atoms. The maximum absolute atomic E-state index is 14.0. The van der Waals surface area contributed by atoms with Crippen molar-refractivity contribution in [2.45, 2.75) is 13.0 Å². The Morgan fingerprint density at radius 3 is 2.55 bits per heavy atom. The van der Waals surface area contributed by atoms with Gasteiger partial charge in [0.15, 0.2) is 4.80 Å². The summed E-state index contributed by atoms with van der Waals surface area (Å²) in [5.41, 5.74) is 2.75. The first-order valence-corrected chi connectivity index (χ1v) is 13.4. The maximum atomic E-state index is 14.0. The summed E-state index contributed by atoms with van der Waals surface area (Å²) in [5.74, 6) is 3.15. The number of benzene rings is 3. The van der Waals surface area contributed by atoms with Gasteiger partial charge in [0, 0.05) is 5.56 Å². The molecule has 0 fully saturated rings. The standard InChI is InChI=1S/C32H26N2O5S/c1-4-18-39-24-16-14-21(15-17-24)19-26-30(35)34-29(23-12-9-13-25(20-23)37-3)27(31(36)38-5-2)28(33-32(34)40-26)22-10-7-6-8-11-22/h1,6-17,19-20,29H,5,18H2,2-3H3/b26-19+. The van der Waals surface area contributed by atoms with Gasteiger partial charge in [-0.15, -0.1) is 6.42 Å². The minimum atomic E-state index is -0.776. The van der Waals surface area contributed by atoms with Crippen LogP contribution >= 0.6 is 11.3 Å². The highest BCUT2D eigenvalue weighted by Crippen LogP contribution is 2.36. The van der Waals surface area contributed by atoms with Crippen molar-refractivity contribution in [3.8, 4) is 23.8 Å². The fourth-order valence-electron chi connectivity index (χ4n) is 4.50. The Morgan fingerprint density at radius 1 is 1.07 bits per heavy atom. The third-order valence-electron chi connectivity index (χ3n) is 6.28. The Hall–Kier alpha value is -4.87. The van der Waals surface area contributed by atoms with Crippen molar-refractivity contribution < 1.29 is 19.0 Å². The smallest absolute Gasteiger partial charge is 0.338 e. The first-order valence-electron chi connectivity index (χ1n) is 12.6. The van der Waals surface area contributed by atoms with Crippen molar-refractivity contribution in [3.05, 3.63) is 121 Å². The van der Waals surface area contributed by atoms with Gasteiger partial charge < -0.3 is 14.2 Å². The molecule has 0 amide bonds. The van der Waals surface area contributed by atoms with Crippen LogP contribution in [0.25, 0.3) is 11.8 Å². The highest BCUT2D eigenvalue weighted by molar-refractivity contribution is 7.07. The van der Waals surface area contributed by atoms with E-state index in [0.717, 1.165) is 11.1 Å². The van der Waals surface area contributed by atoms with Crippen LogP contribution in [0.3, 0.4) is 0 Å². The van der Waals surface area contributed by atoms with E-state index in [4.69, 9.17) is 25.6 Å². The average molecular weight is 551 g/mol. The number of thiazole rings is 1. The zero-order chi connectivity index (χ0) is 28.1. The van der Waals surface area contributed by atoms with Crippen molar-refractivity contribution in [2.24, 2.45) is 4.99 Å². The number of esters is 1. The quantitative estimate of drug-likeness (QED) is 0.245. The molecule has 1 unspecified atom stereocenters. The Balaban J connectivity index is 1.75. The fourth-order valence-corrected chi connectivity index (χ4v) is 5.50. The zero-order valence-corrected chi connectivity index (χ0v) is 22.8. The molecule has 1 aliphatic heterocycles. The van der Waals surface area contributed by atoms with Crippen LogP contribution in [-0.2, 0) is 9.53 Å². The third-order valence-corrected chi connectivity index (χ3v) is 7.27. The normalized spacial score (nSPS) is 14.6. The van der Waals surface area contributed by atoms with Crippen molar-refractivity contribution in [1.82, 2.24) is 4.57 Å². The van der Waals surface area contributed by atoms with Gasteiger partial charge in [-0.25, -0.2) is 9.79 Å². The molecule has 1 aliphatic rings. The average Bonchev–Trinajstić information content (AvgIpc) is 3.30. The van der Waals surface area contributed by atoms with Gasteiger partial charge in [0.05, 0.1) is 35.6 Å². The molecule has 8 heteroatoms. The lowest BCUT2D eigenvalue weighted by molar-refractivity contribution is -0.138. The van der Waals surface area contributed by atoms with E-state index in [2.05, 4.69) is 5.92 Å². The second-order valence-corrected chi connectivity index (χ2v) is 9.78. The topological polar surface area (TPSA) is 79.1 Å². The number of terminal acetylenes is 1. The number of hydrogen-bond acceptors (Lipinski definition) is 7. The zero-order valence-electron chi connectivity index (χ0n) is 22.0. The van der Waals surface area contributed by atoms with Gasteiger partial charge in [-0.2, -0.15) is 0 Å². The van der Waals surface area contributed by atoms with Crippen LogP contribution in [0.4, 0.5) is 0 Å². The molecule has 0 saturated carbocycles. The highest BCUT2D eigenvalue weighted by Gasteiger charge is 2.35. The van der Waals surface area contributed by atoms with Crippen LogP contribution < -0.4 is 24.4 Å². The molecule has 4 aromatic rings. The molecule has 5 rings (SSSR count). The molecule has 0 aliphatic carbocycles. The van der Waals surface area contributed by atoms with E-state index < -0.39 is 12.0 Å². The minimum Gasteiger partial charge on any atom is -0.497 e. The number of carbonyl (C=O) groups excluding carboxylic acids is 1. The summed E-state index contributed by atoms with van der Waals surface area (Å²) in [4.78, 5) is 32.8. The maximum Gasteiger partial charge on any atom is 0.338 e. The minimum absolute atomic E-state index is 0.175. The van der Waals surface area contributed by atoms with E-state index in [1.165, 1.54) is 11.3 Å². The third kappa shape index (κ3) is 5.33. The molecule has 3 aromatic carbocycles. The van der Waals surface area contributed by atoms with Gasteiger partial charge in [-0.05, 0) is 48.4 Å². The van der Waals surface area contributed by atoms with Gasteiger partial charge in [0.25, 0.3) is 5.56 Å².